The first-order chi connectivity index (χ1) is 7.65. The Morgan fingerprint density at radius 2 is 2.12 bits per heavy atom. The van der Waals surface area contributed by atoms with Gasteiger partial charge in [0.25, 0.3) is 0 Å². The second kappa shape index (κ2) is 6.17. The Labute approximate surface area is 95.7 Å². The van der Waals surface area contributed by atoms with Crippen LogP contribution in [0.4, 0.5) is 0 Å². The first-order valence-corrected chi connectivity index (χ1v) is 5.36. The maximum Gasteiger partial charge on any atom is 0.221 e. The van der Waals surface area contributed by atoms with Gasteiger partial charge in [-0.05, 0) is 13.8 Å². The molecule has 1 aromatic heterocycles. The van der Waals surface area contributed by atoms with Crippen LogP contribution < -0.4 is 10.6 Å². The van der Waals surface area contributed by atoms with E-state index in [0.717, 1.165) is 11.4 Å². The predicted octanol–water partition coefficient (Wildman–Crippen LogP) is 0.572. The predicted molar refractivity (Wildman–Crippen MR) is 61.9 cm³/mol. The van der Waals surface area contributed by atoms with Crippen molar-refractivity contribution in [3.8, 4) is 0 Å². The minimum Gasteiger partial charge on any atom is -0.359 e. The SMILES string of the molecule is CNC(=O)CCNC(C)c1nccnc1C. The topological polar surface area (TPSA) is 66.9 Å². The lowest BCUT2D eigenvalue weighted by atomic mass is 10.2. The molecule has 1 heterocycles. The van der Waals surface area contributed by atoms with Crippen LogP contribution in [0.25, 0.3) is 0 Å². The second-order valence-electron chi connectivity index (χ2n) is 3.63. The molecule has 1 unspecified atom stereocenters. The standard InChI is InChI=1S/C11H18N4O/c1-8(13-5-4-10(16)12-3)11-9(2)14-6-7-15-11/h6-8,13H,4-5H2,1-3H3,(H,12,16). The average Bonchev–Trinajstić information content (AvgIpc) is 2.29. The third-order valence-electron chi connectivity index (χ3n) is 2.41. The van der Waals surface area contributed by atoms with Gasteiger partial charge >= 0.3 is 0 Å². The van der Waals surface area contributed by atoms with Crippen LogP contribution in [0, 0.1) is 6.92 Å². The van der Waals surface area contributed by atoms with Gasteiger partial charge in [0.2, 0.25) is 5.91 Å². The highest BCUT2D eigenvalue weighted by Crippen LogP contribution is 2.10. The fourth-order valence-electron chi connectivity index (χ4n) is 1.47. The molecule has 88 valence electrons. The van der Waals surface area contributed by atoms with E-state index in [9.17, 15) is 4.79 Å². The lowest BCUT2D eigenvalue weighted by Gasteiger charge is -2.14. The molecule has 1 atom stereocenters. The third kappa shape index (κ3) is 3.58. The van der Waals surface area contributed by atoms with Gasteiger partial charge in [-0.2, -0.15) is 0 Å². The van der Waals surface area contributed by atoms with E-state index in [0.29, 0.717) is 13.0 Å². The van der Waals surface area contributed by atoms with Crippen LogP contribution in [-0.4, -0.2) is 29.5 Å². The van der Waals surface area contributed by atoms with Gasteiger partial charge in [0.15, 0.2) is 0 Å². The Hall–Kier alpha value is -1.49. The fraction of sp³-hybridized carbons (Fsp3) is 0.545. The number of carbonyl (C=O) groups excluding carboxylic acids is 1. The molecule has 0 aliphatic rings. The number of nitrogens with zero attached hydrogens (tertiary/aromatic N) is 2. The summed E-state index contributed by atoms with van der Waals surface area (Å²) in [5, 5.41) is 5.82. The summed E-state index contributed by atoms with van der Waals surface area (Å²) in [6.07, 6.45) is 3.83. The summed E-state index contributed by atoms with van der Waals surface area (Å²) in [6.45, 7) is 4.58. The molecule has 0 fully saturated rings. The highest BCUT2D eigenvalue weighted by molar-refractivity contribution is 5.75. The van der Waals surface area contributed by atoms with Crippen molar-refractivity contribution in [1.29, 1.82) is 0 Å². The molecule has 0 saturated heterocycles. The molecule has 0 saturated carbocycles. The van der Waals surface area contributed by atoms with E-state index in [4.69, 9.17) is 0 Å². The molecule has 1 rings (SSSR count). The lowest BCUT2D eigenvalue weighted by molar-refractivity contribution is -0.120. The fourth-order valence-corrected chi connectivity index (χ4v) is 1.47. The maximum absolute atomic E-state index is 11.0. The van der Waals surface area contributed by atoms with E-state index in [2.05, 4.69) is 20.6 Å². The van der Waals surface area contributed by atoms with Gasteiger partial charge in [0.05, 0.1) is 11.4 Å². The minimum atomic E-state index is 0.0376. The van der Waals surface area contributed by atoms with Crippen molar-refractivity contribution in [1.82, 2.24) is 20.6 Å². The molecular weight excluding hydrogens is 204 g/mol. The van der Waals surface area contributed by atoms with Crippen molar-refractivity contribution in [2.45, 2.75) is 26.3 Å². The molecule has 1 aromatic rings. The van der Waals surface area contributed by atoms with E-state index in [-0.39, 0.29) is 11.9 Å². The van der Waals surface area contributed by atoms with Crippen molar-refractivity contribution in [3.63, 3.8) is 0 Å². The molecule has 0 aromatic carbocycles. The van der Waals surface area contributed by atoms with Gasteiger partial charge in [-0.3, -0.25) is 14.8 Å². The number of aryl methyl sites for hydroxylation is 1. The summed E-state index contributed by atoms with van der Waals surface area (Å²) < 4.78 is 0. The van der Waals surface area contributed by atoms with Crippen LogP contribution in [0.1, 0.15) is 30.8 Å². The molecule has 0 bridgehead atoms. The Morgan fingerprint density at radius 3 is 2.75 bits per heavy atom. The first-order valence-electron chi connectivity index (χ1n) is 5.36. The second-order valence-corrected chi connectivity index (χ2v) is 3.63. The van der Waals surface area contributed by atoms with E-state index in [1.165, 1.54) is 0 Å². The van der Waals surface area contributed by atoms with Crippen molar-refractivity contribution < 1.29 is 4.79 Å². The lowest BCUT2D eigenvalue weighted by Crippen LogP contribution is -2.27. The third-order valence-corrected chi connectivity index (χ3v) is 2.41. The molecule has 0 radical (unpaired) electrons. The van der Waals surface area contributed by atoms with Crippen molar-refractivity contribution in [3.05, 3.63) is 23.8 Å². The summed E-state index contributed by atoms with van der Waals surface area (Å²) in [6, 6.07) is 0.110. The van der Waals surface area contributed by atoms with Crippen molar-refractivity contribution >= 4 is 5.91 Å². The van der Waals surface area contributed by atoms with E-state index < -0.39 is 0 Å². The first kappa shape index (κ1) is 12.6. The number of rotatable bonds is 5. The summed E-state index contributed by atoms with van der Waals surface area (Å²) in [4.78, 5) is 19.5. The van der Waals surface area contributed by atoms with Gasteiger partial charge in [0.1, 0.15) is 0 Å². The van der Waals surface area contributed by atoms with Crippen LogP contribution in [0.3, 0.4) is 0 Å². The number of carbonyl (C=O) groups is 1. The van der Waals surface area contributed by atoms with E-state index >= 15 is 0 Å². The summed E-state index contributed by atoms with van der Waals surface area (Å²) in [7, 11) is 1.64. The van der Waals surface area contributed by atoms with Gasteiger partial charge in [-0.15, -0.1) is 0 Å². The normalized spacial score (nSPS) is 12.2. The number of amides is 1. The Balaban J connectivity index is 2.44. The largest absolute Gasteiger partial charge is 0.359 e. The smallest absolute Gasteiger partial charge is 0.221 e. The summed E-state index contributed by atoms with van der Waals surface area (Å²) in [5.41, 5.74) is 1.85. The highest BCUT2D eigenvalue weighted by Gasteiger charge is 2.09. The minimum absolute atomic E-state index is 0.0376. The number of hydrogen-bond donors (Lipinski definition) is 2. The Morgan fingerprint density at radius 1 is 1.44 bits per heavy atom. The molecule has 5 nitrogen and oxygen atoms in total. The molecule has 5 heteroatoms. The zero-order chi connectivity index (χ0) is 12.0. The Bertz CT molecular complexity index is 354. The van der Waals surface area contributed by atoms with Crippen molar-refractivity contribution in [2.75, 3.05) is 13.6 Å². The summed E-state index contributed by atoms with van der Waals surface area (Å²) >= 11 is 0. The zero-order valence-electron chi connectivity index (χ0n) is 9.95. The average molecular weight is 222 g/mol. The monoisotopic (exact) mass is 222 g/mol. The quantitative estimate of drug-likeness (QED) is 0.764. The molecular formula is C11H18N4O. The van der Waals surface area contributed by atoms with Gasteiger partial charge in [0, 0.05) is 38.4 Å². The Kier molecular flexibility index (Phi) is 4.85. The van der Waals surface area contributed by atoms with E-state index in [1.807, 2.05) is 13.8 Å². The molecule has 0 aliphatic heterocycles. The van der Waals surface area contributed by atoms with Crippen LogP contribution in [0.5, 0.6) is 0 Å². The molecule has 0 aliphatic carbocycles. The highest BCUT2D eigenvalue weighted by atomic mass is 16.1. The van der Waals surface area contributed by atoms with Crippen molar-refractivity contribution in [2.24, 2.45) is 0 Å². The van der Waals surface area contributed by atoms with Crippen LogP contribution >= 0.6 is 0 Å². The molecule has 2 N–H and O–H groups in total. The molecule has 0 spiro atoms. The number of aromatic nitrogens is 2. The zero-order valence-corrected chi connectivity index (χ0v) is 9.95. The van der Waals surface area contributed by atoms with Gasteiger partial charge in [-0.1, -0.05) is 0 Å². The van der Waals surface area contributed by atoms with Gasteiger partial charge in [-0.25, -0.2) is 0 Å². The van der Waals surface area contributed by atoms with Crippen LogP contribution in [0.2, 0.25) is 0 Å². The molecule has 16 heavy (non-hydrogen) atoms. The summed E-state index contributed by atoms with van der Waals surface area (Å²) in [5.74, 6) is 0.0376. The van der Waals surface area contributed by atoms with Crippen LogP contribution in [0.15, 0.2) is 12.4 Å². The maximum atomic E-state index is 11.0. The molecule has 1 amide bonds. The number of hydrogen-bond acceptors (Lipinski definition) is 4. The number of nitrogens with one attached hydrogen (secondary N) is 2. The van der Waals surface area contributed by atoms with Crippen LogP contribution in [-0.2, 0) is 4.79 Å². The van der Waals surface area contributed by atoms with E-state index in [1.54, 1.807) is 19.4 Å². The van der Waals surface area contributed by atoms with Gasteiger partial charge < -0.3 is 10.6 Å².